The maximum atomic E-state index is 12.6. The van der Waals surface area contributed by atoms with Crippen LogP contribution in [0.25, 0.3) is 0 Å². The van der Waals surface area contributed by atoms with E-state index >= 15 is 0 Å². The Bertz CT molecular complexity index is 546. The minimum Gasteiger partial charge on any atom is -0.495 e. The van der Waals surface area contributed by atoms with Gasteiger partial charge in [0.05, 0.1) is 12.8 Å². The molecule has 0 spiro atoms. The molecule has 0 saturated carbocycles. The Balaban J connectivity index is 2.25. The number of ether oxygens (including phenoxy) is 1. The molecule has 1 fully saturated rings. The Morgan fingerprint density at radius 3 is 2.67 bits per heavy atom. The molecule has 1 aromatic carbocycles. The van der Waals surface area contributed by atoms with Crippen LogP contribution < -0.4 is 9.64 Å². The van der Waals surface area contributed by atoms with Gasteiger partial charge in [-0.2, -0.15) is 0 Å². The van der Waals surface area contributed by atoms with Gasteiger partial charge in [0, 0.05) is 13.6 Å². The average Bonchev–Trinajstić information content (AvgIpc) is 2.87. The molecule has 6 nitrogen and oxygen atoms in total. The van der Waals surface area contributed by atoms with Gasteiger partial charge >= 0.3 is 12.0 Å². The first-order valence-electron chi connectivity index (χ1n) is 6.87. The summed E-state index contributed by atoms with van der Waals surface area (Å²) < 4.78 is 5.25. The lowest BCUT2D eigenvalue weighted by Crippen LogP contribution is -2.48. The first-order valence-corrected chi connectivity index (χ1v) is 6.87. The van der Waals surface area contributed by atoms with Crippen molar-refractivity contribution in [3.05, 3.63) is 24.3 Å². The van der Waals surface area contributed by atoms with Crippen LogP contribution in [0.5, 0.6) is 5.75 Å². The van der Waals surface area contributed by atoms with Crippen LogP contribution in [0, 0.1) is 5.92 Å². The highest BCUT2D eigenvalue weighted by molar-refractivity contribution is 5.95. The van der Waals surface area contributed by atoms with Gasteiger partial charge in [-0.1, -0.05) is 19.1 Å². The summed E-state index contributed by atoms with van der Waals surface area (Å²) in [7, 11) is 3.16. The zero-order valence-corrected chi connectivity index (χ0v) is 12.4. The third kappa shape index (κ3) is 2.79. The number of urea groups is 1. The van der Waals surface area contributed by atoms with Crippen molar-refractivity contribution < 1.29 is 19.4 Å². The smallest absolute Gasteiger partial charge is 0.326 e. The fraction of sp³-hybridized carbons (Fsp3) is 0.467. The molecule has 0 aliphatic carbocycles. The first-order chi connectivity index (χ1) is 9.97. The Hall–Kier alpha value is -2.24. The van der Waals surface area contributed by atoms with Gasteiger partial charge in [0.2, 0.25) is 0 Å². The van der Waals surface area contributed by atoms with E-state index < -0.39 is 12.0 Å². The topological polar surface area (TPSA) is 70.1 Å². The minimum absolute atomic E-state index is 0.0440. The number of anilines is 1. The van der Waals surface area contributed by atoms with E-state index in [-0.39, 0.29) is 11.9 Å². The number of carboxylic acids is 1. The number of amides is 2. The minimum atomic E-state index is -0.957. The van der Waals surface area contributed by atoms with Crippen molar-refractivity contribution >= 4 is 17.7 Å². The first kappa shape index (κ1) is 15.2. The number of hydrogen-bond acceptors (Lipinski definition) is 3. The van der Waals surface area contributed by atoms with Crippen molar-refractivity contribution in [2.75, 3.05) is 25.6 Å². The van der Waals surface area contributed by atoms with Gasteiger partial charge in [-0.3, -0.25) is 4.90 Å². The van der Waals surface area contributed by atoms with E-state index in [0.29, 0.717) is 24.4 Å². The molecule has 2 amide bonds. The lowest BCUT2D eigenvalue weighted by molar-refractivity contribution is -0.142. The van der Waals surface area contributed by atoms with E-state index in [2.05, 4.69) is 0 Å². The molecule has 6 heteroatoms. The van der Waals surface area contributed by atoms with Crippen molar-refractivity contribution in [3.63, 3.8) is 0 Å². The molecule has 2 rings (SSSR count). The Morgan fingerprint density at radius 2 is 2.05 bits per heavy atom. The summed E-state index contributed by atoms with van der Waals surface area (Å²) >= 11 is 0. The number of nitrogens with zero attached hydrogens (tertiary/aromatic N) is 2. The van der Waals surface area contributed by atoms with Gasteiger partial charge in [-0.05, 0) is 24.5 Å². The van der Waals surface area contributed by atoms with Crippen molar-refractivity contribution in [1.29, 1.82) is 0 Å². The molecular formula is C15H20N2O4. The second-order valence-electron chi connectivity index (χ2n) is 5.26. The summed E-state index contributed by atoms with van der Waals surface area (Å²) in [5.74, 6) is -0.424. The predicted octanol–water partition coefficient (Wildman–Crippen LogP) is 2.05. The number of rotatable bonds is 3. The van der Waals surface area contributed by atoms with Crippen molar-refractivity contribution in [2.45, 2.75) is 19.4 Å². The second-order valence-corrected chi connectivity index (χ2v) is 5.26. The van der Waals surface area contributed by atoms with Gasteiger partial charge in [0.15, 0.2) is 0 Å². The Labute approximate surface area is 123 Å². The zero-order chi connectivity index (χ0) is 15.6. The van der Waals surface area contributed by atoms with Crippen molar-refractivity contribution in [1.82, 2.24) is 4.90 Å². The third-order valence-electron chi connectivity index (χ3n) is 3.93. The molecular weight excluding hydrogens is 272 g/mol. The molecule has 1 heterocycles. The molecule has 1 N–H and O–H groups in total. The van der Waals surface area contributed by atoms with Gasteiger partial charge < -0.3 is 14.7 Å². The molecule has 0 aromatic heterocycles. The monoisotopic (exact) mass is 292 g/mol. The Morgan fingerprint density at radius 1 is 1.38 bits per heavy atom. The van der Waals surface area contributed by atoms with Crippen LogP contribution in [0.2, 0.25) is 0 Å². The summed E-state index contributed by atoms with van der Waals surface area (Å²) in [5.41, 5.74) is 0.619. The van der Waals surface area contributed by atoms with Gasteiger partial charge in [0.1, 0.15) is 11.8 Å². The molecule has 2 unspecified atom stereocenters. The standard InChI is InChI=1S/C15H20N2O4/c1-10-8-9-17(13(10)14(18)19)15(20)16(2)11-6-4-5-7-12(11)21-3/h4-7,10,13H,8-9H2,1-3H3,(H,18,19). The number of para-hydroxylation sites is 2. The number of aliphatic carboxylic acids is 1. The van der Waals surface area contributed by atoms with Crippen LogP contribution in [0.4, 0.5) is 10.5 Å². The van der Waals surface area contributed by atoms with E-state index in [9.17, 15) is 14.7 Å². The number of carboxylic acid groups (broad SMARTS) is 1. The normalized spacial score (nSPS) is 21.2. The summed E-state index contributed by atoms with van der Waals surface area (Å²) in [6, 6.07) is 6.07. The molecule has 0 radical (unpaired) electrons. The van der Waals surface area contributed by atoms with E-state index in [4.69, 9.17) is 4.74 Å². The van der Waals surface area contributed by atoms with Gasteiger partial charge in [-0.15, -0.1) is 0 Å². The fourth-order valence-electron chi connectivity index (χ4n) is 2.74. The van der Waals surface area contributed by atoms with Crippen molar-refractivity contribution in [2.24, 2.45) is 5.92 Å². The highest BCUT2D eigenvalue weighted by atomic mass is 16.5. The number of methoxy groups -OCH3 is 1. The quantitative estimate of drug-likeness (QED) is 0.925. The number of likely N-dealkylation sites (tertiary alicyclic amines) is 1. The summed E-state index contributed by atoms with van der Waals surface area (Å²) in [4.78, 5) is 26.8. The van der Waals surface area contributed by atoms with Gasteiger partial charge in [0.25, 0.3) is 0 Å². The summed E-state index contributed by atoms with van der Waals surface area (Å²) in [6.07, 6.45) is 0.697. The molecule has 114 valence electrons. The third-order valence-corrected chi connectivity index (χ3v) is 3.93. The second kappa shape index (κ2) is 6.03. The lowest BCUT2D eigenvalue weighted by atomic mass is 10.0. The molecule has 2 atom stereocenters. The van der Waals surface area contributed by atoms with E-state index in [0.717, 1.165) is 0 Å². The van der Waals surface area contributed by atoms with Crippen LogP contribution in [-0.2, 0) is 4.79 Å². The van der Waals surface area contributed by atoms with Crippen LogP contribution in [-0.4, -0.2) is 48.8 Å². The predicted molar refractivity (Wildman–Crippen MR) is 78.7 cm³/mol. The number of benzene rings is 1. The van der Waals surface area contributed by atoms with Crippen LogP contribution in [0.1, 0.15) is 13.3 Å². The SMILES string of the molecule is COc1ccccc1N(C)C(=O)N1CCC(C)C1C(=O)O. The highest BCUT2D eigenvalue weighted by Gasteiger charge is 2.41. The van der Waals surface area contributed by atoms with Crippen LogP contribution in [0.15, 0.2) is 24.3 Å². The molecule has 0 bridgehead atoms. The largest absolute Gasteiger partial charge is 0.495 e. The zero-order valence-electron chi connectivity index (χ0n) is 12.4. The van der Waals surface area contributed by atoms with Gasteiger partial charge in [-0.25, -0.2) is 9.59 Å². The Kier molecular flexibility index (Phi) is 4.35. The van der Waals surface area contributed by atoms with Crippen LogP contribution in [0.3, 0.4) is 0 Å². The highest BCUT2D eigenvalue weighted by Crippen LogP contribution is 2.30. The van der Waals surface area contributed by atoms with Crippen molar-refractivity contribution in [3.8, 4) is 5.75 Å². The summed E-state index contributed by atoms with van der Waals surface area (Å²) in [6.45, 7) is 2.31. The molecule has 21 heavy (non-hydrogen) atoms. The van der Waals surface area contributed by atoms with E-state index in [1.54, 1.807) is 19.2 Å². The molecule has 1 saturated heterocycles. The maximum absolute atomic E-state index is 12.6. The maximum Gasteiger partial charge on any atom is 0.326 e. The number of carbonyl (C=O) groups excluding carboxylic acids is 1. The average molecular weight is 292 g/mol. The van der Waals surface area contributed by atoms with Crippen LogP contribution >= 0.6 is 0 Å². The molecule has 1 aliphatic rings. The number of hydrogen-bond donors (Lipinski definition) is 1. The van der Waals surface area contributed by atoms with E-state index in [1.807, 2.05) is 19.1 Å². The fourth-order valence-corrected chi connectivity index (χ4v) is 2.74. The number of carbonyl (C=O) groups is 2. The molecule has 1 aromatic rings. The lowest BCUT2D eigenvalue weighted by Gasteiger charge is -2.29. The summed E-state index contributed by atoms with van der Waals surface area (Å²) in [5, 5.41) is 9.32. The molecule has 1 aliphatic heterocycles. The van der Waals surface area contributed by atoms with E-state index in [1.165, 1.54) is 16.9 Å².